The van der Waals surface area contributed by atoms with Gasteiger partial charge in [0.15, 0.2) is 17.5 Å². The van der Waals surface area contributed by atoms with Crippen LogP contribution in [0.5, 0.6) is 11.5 Å². The first-order valence-electron chi connectivity index (χ1n) is 14.7. The number of hydrogen-bond donors (Lipinski definition) is 2. The minimum Gasteiger partial charge on any atom is -0.394 e. The van der Waals surface area contributed by atoms with E-state index in [1.807, 2.05) is 24.3 Å². The molecule has 2 aliphatic heterocycles. The first-order valence-corrected chi connectivity index (χ1v) is 15.5. The number of fused-ring (bicyclic) bond motifs is 3. The summed E-state index contributed by atoms with van der Waals surface area (Å²) in [7, 11) is 0. The molecule has 0 amide bonds. The van der Waals surface area contributed by atoms with Crippen molar-refractivity contribution in [3.63, 3.8) is 0 Å². The van der Waals surface area contributed by atoms with Crippen molar-refractivity contribution >= 4 is 34.8 Å². The van der Waals surface area contributed by atoms with Crippen LogP contribution in [0, 0.1) is 23.2 Å². The second-order valence-electron chi connectivity index (χ2n) is 12.9. The van der Waals surface area contributed by atoms with Crippen molar-refractivity contribution in [3.8, 4) is 11.5 Å². The lowest BCUT2D eigenvalue weighted by atomic mass is 9.44. The minimum absolute atomic E-state index is 0.187. The Morgan fingerprint density at radius 3 is 2.56 bits per heavy atom. The summed E-state index contributed by atoms with van der Waals surface area (Å²) < 4.78 is 0. The van der Waals surface area contributed by atoms with Crippen molar-refractivity contribution in [2.75, 3.05) is 26.2 Å². The molecule has 1 saturated heterocycles. The van der Waals surface area contributed by atoms with Crippen LogP contribution in [-0.2, 0) is 6.42 Å². The monoisotopic (exact) mass is 601 g/mol. The number of halogens is 2. The summed E-state index contributed by atoms with van der Waals surface area (Å²) >= 11 is 12.4. The number of aliphatic hydroxyl groups is 1. The molecule has 0 radical (unpaired) electrons. The largest absolute Gasteiger partial charge is 0.394 e. The van der Waals surface area contributed by atoms with E-state index in [0.29, 0.717) is 57.1 Å². The topological polar surface area (TPSA) is 86.8 Å². The van der Waals surface area contributed by atoms with Crippen molar-refractivity contribution in [1.82, 2.24) is 15.0 Å². The Labute approximate surface area is 252 Å². The third kappa shape index (κ3) is 5.38. The molecule has 5 aliphatic rings. The van der Waals surface area contributed by atoms with Crippen LogP contribution in [0.3, 0.4) is 0 Å². The molecule has 0 spiro atoms. The first-order chi connectivity index (χ1) is 19.5. The summed E-state index contributed by atoms with van der Waals surface area (Å²) in [5.74, 6) is 4.01. The predicted octanol–water partition coefficient (Wildman–Crippen LogP) is 5.52. The van der Waals surface area contributed by atoms with Crippen LogP contribution < -0.4 is 15.4 Å². The SMILES string of the molecule is CC1C(N2CCN(C(N)=Nc3ccc4c(c3)ON([C@H](CO)Cc3ccc(Cl)cc3Cl)O4)C[C@@H]2C)CC2CC1C2(C)C. The van der Waals surface area contributed by atoms with E-state index in [-0.39, 0.29) is 6.61 Å². The Bertz CT molecular complexity index is 1320. The average Bonchev–Trinajstić information content (AvgIpc) is 3.36. The highest BCUT2D eigenvalue weighted by atomic mass is 35.5. The Balaban J connectivity index is 1.08. The normalized spacial score (nSPS) is 30.3. The molecule has 3 N–H and O–H groups in total. The van der Waals surface area contributed by atoms with Crippen LogP contribution in [0.1, 0.15) is 46.1 Å². The highest BCUT2D eigenvalue weighted by Gasteiger charge is 2.57. The van der Waals surface area contributed by atoms with E-state index >= 15 is 0 Å². The summed E-state index contributed by atoms with van der Waals surface area (Å²) in [4.78, 5) is 21.5. The van der Waals surface area contributed by atoms with E-state index in [0.717, 1.165) is 43.0 Å². The number of piperazine rings is 1. The molecule has 0 aromatic heterocycles. The number of hydroxylamine groups is 2. The molecule has 2 aromatic rings. The average molecular weight is 603 g/mol. The van der Waals surface area contributed by atoms with Crippen molar-refractivity contribution in [3.05, 3.63) is 52.0 Å². The lowest BCUT2D eigenvalue weighted by Gasteiger charge is -2.64. The maximum Gasteiger partial charge on any atom is 0.198 e. The highest BCUT2D eigenvalue weighted by Crippen LogP contribution is 2.62. The van der Waals surface area contributed by atoms with Crippen LogP contribution >= 0.6 is 23.2 Å². The Hall–Kier alpha value is -2.23. The molecular formula is C31H41Cl2N5O3. The molecule has 10 heteroatoms. The zero-order valence-corrected chi connectivity index (χ0v) is 25.8. The van der Waals surface area contributed by atoms with Gasteiger partial charge in [-0.2, -0.15) is 0 Å². The minimum atomic E-state index is -0.472. The quantitative estimate of drug-likeness (QED) is 0.333. The maximum atomic E-state index is 10.0. The van der Waals surface area contributed by atoms with Crippen LogP contribution in [0.4, 0.5) is 5.69 Å². The fraction of sp³-hybridized carbons (Fsp3) is 0.581. The molecule has 41 heavy (non-hydrogen) atoms. The molecular weight excluding hydrogens is 561 g/mol. The van der Waals surface area contributed by atoms with Gasteiger partial charge >= 0.3 is 0 Å². The molecule has 222 valence electrons. The molecule has 4 fully saturated rings. The smallest absolute Gasteiger partial charge is 0.198 e. The van der Waals surface area contributed by atoms with Gasteiger partial charge in [-0.15, -0.1) is 0 Å². The number of hydrogen-bond acceptors (Lipinski definition) is 6. The second-order valence-corrected chi connectivity index (χ2v) is 13.7. The Morgan fingerprint density at radius 2 is 1.88 bits per heavy atom. The van der Waals surface area contributed by atoms with Gasteiger partial charge in [0.1, 0.15) is 6.04 Å². The number of aliphatic imine (C=N–C) groups is 1. The predicted molar refractivity (Wildman–Crippen MR) is 163 cm³/mol. The summed E-state index contributed by atoms with van der Waals surface area (Å²) in [6.07, 6.45) is 3.14. The van der Waals surface area contributed by atoms with E-state index in [2.05, 4.69) is 37.5 Å². The number of nitrogens with two attached hydrogens (primary N) is 1. The van der Waals surface area contributed by atoms with E-state index in [9.17, 15) is 5.11 Å². The van der Waals surface area contributed by atoms with Crippen molar-refractivity contribution in [2.45, 2.75) is 65.1 Å². The van der Waals surface area contributed by atoms with Crippen molar-refractivity contribution in [2.24, 2.45) is 33.9 Å². The summed E-state index contributed by atoms with van der Waals surface area (Å²) in [5, 5.41) is 12.4. The number of rotatable bonds is 6. The van der Waals surface area contributed by atoms with Crippen molar-refractivity contribution in [1.29, 1.82) is 0 Å². The van der Waals surface area contributed by atoms with Gasteiger partial charge in [-0.05, 0) is 79.2 Å². The number of guanidine groups is 1. The molecule has 2 bridgehead atoms. The molecule has 2 heterocycles. The fourth-order valence-electron chi connectivity index (χ4n) is 7.66. The van der Waals surface area contributed by atoms with Crippen LogP contribution in [-0.4, -0.2) is 70.5 Å². The van der Waals surface area contributed by atoms with E-state index in [1.165, 1.54) is 18.1 Å². The van der Waals surface area contributed by atoms with Gasteiger partial charge in [-0.3, -0.25) is 4.90 Å². The van der Waals surface area contributed by atoms with Gasteiger partial charge in [0.2, 0.25) is 0 Å². The summed E-state index contributed by atoms with van der Waals surface area (Å²) in [6, 6.07) is 11.4. The van der Waals surface area contributed by atoms with E-state index in [4.69, 9.17) is 43.6 Å². The zero-order chi connectivity index (χ0) is 29.1. The standard InChI is InChI=1S/C31H41Cl2N5O3/c1-18-16-36(9-10-37(18)27-13-21-12-25(19(27)2)31(21,3)4)30(34)35-23-7-8-28-29(15-23)41-38(40-28)24(17-39)11-20-5-6-22(32)14-26(20)33/h5-8,14-15,18-19,21,24-25,27,39H,9-13,16-17H2,1-4H3,(H2,34,35)/t18-,19?,21?,24-,25?,27?/m0/s1. The van der Waals surface area contributed by atoms with Gasteiger partial charge in [0.25, 0.3) is 0 Å². The molecule has 7 rings (SSSR count). The van der Waals surface area contributed by atoms with Gasteiger partial charge in [0, 0.05) is 53.1 Å². The number of aliphatic hydroxyl groups excluding tert-OH is 1. The third-order valence-electron chi connectivity index (χ3n) is 10.3. The van der Waals surface area contributed by atoms with Crippen LogP contribution in [0.2, 0.25) is 10.0 Å². The highest BCUT2D eigenvalue weighted by molar-refractivity contribution is 6.35. The summed E-state index contributed by atoms with van der Waals surface area (Å²) in [5.41, 5.74) is 8.56. The van der Waals surface area contributed by atoms with E-state index < -0.39 is 6.04 Å². The fourth-order valence-corrected chi connectivity index (χ4v) is 8.14. The van der Waals surface area contributed by atoms with Crippen LogP contribution in [0.25, 0.3) is 0 Å². The van der Waals surface area contributed by atoms with Gasteiger partial charge in [-0.25, -0.2) is 4.99 Å². The Morgan fingerprint density at radius 1 is 1.10 bits per heavy atom. The maximum absolute atomic E-state index is 10.0. The lowest BCUT2D eigenvalue weighted by molar-refractivity contribution is -0.259. The Kier molecular flexibility index (Phi) is 7.83. The van der Waals surface area contributed by atoms with Crippen LogP contribution in [0.15, 0.2) is 41.4 Å². The second kappa shape index (κ2) is 11.1. The lowest BCUT2D eigenvalue weighted by Crippen LogP contribution is -2.65. The van der Waals surface area contributed by atoms with Gasteiger partial charge < -0.3 is 25.4 Å². The van der Waals surface area contributed by atoms with E-state index in [1.54, 1.807) is 12.1 Å². The number of benzene rings is 2. The molecule has 8 nitrogen and oxygen atoms in total. The zero-order valence-electron chi connectivity index (χ0n) is 24.3. The first kappa shape index (κ1) is 28.9. The molecule has 3 aliphatic carbocycles. The molecule has 2 aromatic carbocycles. The molecule has 3 saturated carbocycles. The van der Waals surface area contributed by atoms with Gasteiger partial charge in [0.05, 0.1) is 12.3 Å². The van der Waals surface area contributed by atoms with Gasteiger partial charge in [-0.1, -0.05) is 50.0 Å². The third-order valence-corrected chi connectivity index (χ3v) is 10.9. The number of nitrogens with zero attached hydrogens (tertiary/aromatic N) is 4. The molecule has 4 unspecified atom stereocenters. The summed E-state index contributed by atoms with van der Waals surface area (Å²) in [6.45, 7) is 12.3. The molecule has 6 atom stereocenters. The van der Waals surface area contributed by atoms with Crippen molar-refractivity contribution < 1.29 is 14.8 Å².